The summed E-state index contributed by atoms with van der Waals surface area (Å²) in [6, 6.07) is 19.6. The van der Waals surface area contributed by atoms with E-state index in [0.717, 1.165) is 17.3 Å². The smallest absolute Gasteiger partial charge is 0.342 e. The molecule has 0 atom stereocenters. The number of H-pyrrole nitrogens is 1. The fourth-order valence-corrected chi connectivity index (χ4v) is 4.69. The van der Waals surface area contributed by atoms with E-state index in [0.29, 0.717) is 43.5 Å². The number of methoxy groups -OCH3 is 1. The second kappa shape index (κ2) is 12.0. The van der Waals surface area contributed by atoms with Crippen molar-refractivity contribution in [2.24, 2.45) is 0 Å². The second-order valence-corrected chi connectivity index (χ2v) is 9.77. The van der Waals surface area contributed by atoms with Crippen LogP contribution >= 0.6 is 39.3 Å². The Morgan fingerprint density at radius 1 is 1.22 bits per heavy atom. The number of carbonyl (C=O) groups is 1. The zero-order valence-electron chi connectivity index (χ0n) is 19.2. The third-order valence-electron chi connectivity index (χ3n) is 5.07. The van der Waals surface area contributed by atoms with Gasteiger partial charge in [0.1, 0.15) is 23.0 Å². The molecule has 1 heterocycles. The number of aliphatic carboxylic acids is 1. The molecule has 0 saturated heterocycles. The van der Waals surface area contributed by atoms with Gasteiger partial charge in [0.2, 0.25) is 5.16 Å². The Morgan fingerprint density at radius 2 is 2.00 bits per heavy atom. The SMILES string of the molecule is COc1ccc(Cl)cc1-c1nc(S/C(=C\c2ccc(OCc3ccccc3C#N)c(Br)c2)C(=O)O)n[nH]1. The molecule has 0 unspecified atom stereocenters. The summed E-state index contributed by atoms with van der Waals surface area (Å²) in [6.07, 6.45) is 1.52. The maximum atomic E-state index is 11.9. The van der Waals surface area contributed by atoms with E-state index in [9.17, 15) is 15.2 Å². The fraction of sp³-hybridized carbons (Fsp3) is 0.0769. The number of nitriles is 1. The summed E-state index contributed by atoms with van der Waals surface area (Å²) in [5.41, 5.74) is 2.55. The number of nitrogens with one attached hydrogen (secondary N) is 1. The maximum absolute atomic E-state index is 11.9. The quantitative estimate of drug-likeness (QED) is 0.164. The summed E-state index contributed by atoms with van der Waals surface area (Å²) in [5, 5.41) is 26.7. The molecule has 4 rings (SSSR count). The van der Waals surface area contributed by atoms with Crippen LogP contribution in [0.4, 0.5) is 0 Å². The van der Waals surface area contributed by atoms with Crippen molar-refractivity contribution >= 4 is 51.3 Å². The van der Waals surface area contributed by atoms with Gasteiger partial charge in [-0.15, -0.1) is 5.10 Å². The number of halogens is 2. The van der Waals surface area contributed by atoms with Crippen molar-refractivity contribution in [1.82, 2.24) is 15.2 Å². The van der Waals surface area contributed by atoms with Crippen molar-refractivity contribution in [3.05, 3.63) is 91.8 Å². The van der Waals surface area contributed by atoms with E-state index in [1.54, 1.807) is 48.5 Å². The topological polar surface area (TPSA) is 121 Å². The molecule has 1 aromatic heterocycles. The Bertz CT molecular complexity index is 1530. The Morgan fingerprint density at radius 3 is 2.73 bits per heavy atom. The number of aromatic amines is 1. The van der Waals surface area contributed by atoms with Gasteiger partial charge in [-0.25, -0.2) is 9.78 Å². The highest BCUT2D eigenvalue weighted by molar-refractivity contribution is 9.10. The number of ether oxygens (including phenoxy) is 2. The number of carboxylic acids is 1. The van der Waals surface area contributed by atoms with Crippen molar-refractivity contribution in [3.63, 3.8) is 0 Å². The summed E-state index contributed by atoms with van der Waals surface area (Å²) >= 11 is 10.5. The van der Waals surface area contributed by atoms with Crippen LogP contribution in [0.3, 0.4) is 0 Å². The number of thioether (sulfide) groups is 1. The molecule has 0 aliphatic rings. The summed E-state index contributed by atoms with van der Waals surface area (Å²) in [6.45, 7) is 0.221. The van der Waals surface area contributed by atoms with Crippen LogP contribution in [0.5, 0.6) is 11.5 Å². The molecule has 0 amide bonds. The molecule has 0 aliphatic heterocycles. The molecule has 0 radical (unpaired) electrons. The van der Waals surface area contributed by atoms with Crippen molar-refractivity contribution < 1.29 is 19.4 Å². The summed E-state index contributed by atoms with van der Waals surface area (Å²) in [7, 11) is 1.53. The van der Waals surface area contributed by atoms with Gasteiger partial charge in [0.15, 0.2) is 5.82 Å². The van der Waals surface area contributed by atoms with Crippen molar-refractivity contribution in [3.8, 4) is 29.0 Å². The third kappa shape index (κ3) is 6.51. The molecule has 0 aliphatic carbocycles. The number of hydrogen-bond acceptors (Lipinski definition) is 7. The van der Waals surface area contributed by atoms with Crippen molar-refractivity contribution in [1.29, 1.82) is 5.26 Å². The highest BCUT2D eigenvalue weighted by Gasteiger charge is 2.17. The molecular weight excluding hydrogens is 580 g/mol. The molecule has 186 valence electrons. The molecule has 8 nitrogen and oxygen atoms in total. The van der Waals surface area contributed by atoms with Crippen LogP contribution in [0, 0.1) is 11.3 Å². The van der Waals surface area contributed by atoms with Crippen LogP contribution in [0.15, 0.2) is 75.2 Å². The van der Waals surface area contributed by atoms with Gasteiger partial charge in [0.05, 0.1) is 28.8 Å². The fourth-order valence-electron chi connectivity index (χ4n) is 3.30. The molecule has 11 heteroatoms. The first-order valence-electron chi connectivity index (χ1n) is 10.7. The first kappa shape index (κ1) is 26.3. The van der Waals surface area contributed by atoms with Crippen molar-refractivity contribution in [2.75, 3.05) is 7.11 Å². The first-order chi connectivity index (χ1) is 17.9. The van der Waals surface area contributed by atoms with E-state index >= 15 is 0 Å². The number of aromatic nitrogens is 3. The Balaban J connectivity index is 1.51. The summed E-state index contributed by atoms with van der Waals surface area (Å²) in [4.78, 5) is 16.4. The van der Waals surface area contributed by atoms with Gasteiger partial charge < -0.3 is 14.6 Å². The van der Waals surface area contributed by atoms with Gasteiger partial charge in [0, 0.05) is 10.6 Å². The summed E-state index contributed by atoms with van der Waals surface area (Å²) < 4.78 is 11.8. The Labute approximate surface area is 230 Å². The van der Waals surface area contributed by atoms with Gasteiger partial charge in [-0.1, -0.05) is 35.9 Å². The van der Waals surface area contributed by atoms with E-state index in [4.69, 9.17) is 21.1 Å². The minimum absolute atomic E-state index is 0.0205. The van der Waals surface area contributed by atoms with E-state index in [1.165, 1.54) is 13.2 Å². The minimum atomic E-state index is -1.12. The minimum Gasteiger partial charge on any atom is -0.496 e. The number of nitrogens with zero attached hydrogens (tertiary/aromatic N) is 3. The van der Waals surface area contributed by atoms with Crippen LogP contribution in [0.2, 0.25) is 5.02 Å². The molecule has 0 saturated carbocycles. The van der Waals surface area contributed by atoms with Crippen LogP contribution < -0.4 is 9.47 Å². The molecule has 4 aromatic rings. The molecule has 3 aromatic carbocycles. The molecule has 2 N–H and O–H groups in total. The van der Waals surface area contributed by atoms with Gasteiger partial charge in [0.25, 0.3) is 0 Å². The summed E-state index contributed by atoms with van der Waals surface area (Å²) in [5.74, 6) is 0.382. The number of carboxylic acid groups (broad SMARTS) is 1. The second-order valence-electron chi connectivity index (χ2n) is 7.47. The zero-order chi connectivity index (χ0) is 26.4. The van der Waals surface area contributed by atoms with Crippen LogP contribution in [0.25, 0.3) is 17.5 Å². The average molecular weight is 598 g/mol. The molecular formula is C26H18BrClN4O4S. The normalized spacial score (nSPS) is 11.1. The van der Waals surface area contributed by atoms with Crippen LogP contribution in [-0.4, -0.2) is 33.4 Å². The third-order valence-corrected chi connectivity index (χ3v) is 6.80. The lowest BCUT2D eigenvalue weighted by Crippen LogP contribution is -1.99. The van der Waals surface area contributed by atoms with Crippen LogP contribution in [-0.2, 0) is 11.4 Å². The lowest BCUT2D eigenvalue weighted by atomic mass is 10.1. The molecule has 0 fully saturated rings. The van der Waals surface area contributed by atoms with Crippen molar-refractivity contribution in [2.45, 2.75) is 11.8 Å². The average Bonchev–Trinajstić information content (AvgIpc) is 3.36. The van der Waals surface area contributed by atoms with E-state index in [2.05, 4.69) is 37.2 Å². The largest absolute Gasteiger partial charge is 0.496 e. The molecule has 0 bridgehead atoms. The van der Waals surface area contributed by atoms with E-state index < -0.39 is 5.97 Å². The zero-order valence-corrected chi connectivity index (χ0v) is 22.4. The number of benzene rings is 3. The van der Waals surface area contributed by atoms with Gasteiger partial charge in [-0.05, 0) is 75.7 Å². The van der Waals surface area contributed by atoms with Crippen LogP contribution in [0.1, 0.15) is 16.7 Å². The number of rotatable bonds is 9. The highest BCUT2D eigenvalue weighted by atomic mass is 79.9. The lowest BCUT2D eigenvalue weighted by molar-refractivity contribution is -0.131. The van der Waals surface area contributed by atoms with Gasteiger partial charge in [-0.2, -0.15) is 5.26 Å². The predicted molar refractivity (Wildman–Crippen MR) is 144 cm³/mol. The van der Waals surface area contributed by atoms with Gasteiger partial charge in [-0.3, -0.25) is 5.10 Å². The lowest BCUT2D eigenvalue weighted by Gasteiger charge is -2.10. The Kier molecular flexibility index (Phi) is 8.50. The predicted octanol–water partition coefficient (Wildman–Crippen LogP) is 6.56. The van der Waals surface area contributed by atoms with Gasteiger partial charge >= 0.3 is 5.97 Å². The first-order valence-corrected chi connectivity index (χ1v) is 12.7. The Hall–Kier alpha value is -3.78. The maximum Gasteiger partial charge on any atom is 0.342 e. The standard InChI is InChI=1S/C26H18BrClN4O4S/c1-35-21-9-7-18(28)12-19(21)24-30-26(32-31-24)37-23(25(33)34)11-15-6-8-22(20(27)10-15)36-14-17-5-3-2-4-16(17)13-29/h2-12H,14H2,1H3,(H,33,34)(H,30,31,32)/b23-11-. The monoisotopic (exact) mass is 596 g/mol. The van der Waals surface area contributed by atoms with E-state index in [1.807, 2.05) is 12.1 Å². The number of hydrogen-bond donors (Lipinski definition) is 2. The van der Waals surface area contributed by atoms with E-state index in [-0.39, 0.29) is 16.7 Å². The molecule has 37 heavy (non-hydrogen) atoms. The highest BCUT2D eigenvalue weighted by Crippen LogP contribution is 2.34. The molecule has 0 spiro atoms.